The molecule has 0 aliphatic rings. The lowest BCUT2D eigenvalue weighted by Crippen LogP contribution is -2.24. The average molecular weight is 529 g/mol. The minimum absolute atomic E-state index is 0.171. The van der Waals surface area contributed by atoms with Crippen molar-refractivity contribution in [3.05, 3.63) is 87.4 Å². The lowest BCUT2D eigenvalue weighted by atomic mass is 9.99. The zero-order valence-electron chi connectivity index (χ0n) is 20.1. The van der Waals surface area contributed by atoms with Gasteiger partial charge >= 0.3 is 5.97 Å². The molecule has 7 nitrogen and oxygen atoms in total. The number of carbonyl (C=O) groups excluding carboxylic acids is 2. The van der Waals surface area contributed by atoms with Crippen LogP contribution in [0, 0.1) is 0 Å². The Bertz CT molecular complexity index is 1250. The van der Waals surface area contributed by atoms with E-state index in [2.05, 4.69) is 24.4 Å². The monoisotopic (exact) mass is 528 g/mol. The number of rotatable bonds is 10. The third-order valence-electron chi connectivity index (χ3n) is 5.38. The number of halogens is 2. The topological polar surface area (TPSA) is 86.2 Å². The molecule has 3 aromatic rings. The van der Waals surface area contributed by atoms with Crippen molar-refractivity contribution < 1.29 is 23.8 Å². The summed E-state index contributed by atoms with van der Waals surface area (Å²) >= 11 is 11.9. The van der Waals surface area contributed by atoms with Crippen molar-refractivity contribution in [1.82, 2.24) is 5.43 Å². The predicted molar refractivity (Wildman–Crippen MR) is 141 cm³/mol. The molecule has 0 spiro atoms. The van der Waals surface area contributed by atoms with Crippen molar-refractivity contribution in [2.45, 2.75) is 26.2 Å². The van der Waals surface area contributed by atoms with Crippen molar-refractivity contribution in [3.8, 4) is 17.2 Å². The van der Waals surface area contributed by atoms with E-state index < -0.39 is 11.9 Å². The quantitative estimate of drug-likeness (QED) is 0.145. The Balaban J connectivity index is 1.54. The van der Waals surface area contributed by atoms with Crippen LogP contribution >= 0.6 is 23.2 Å². The van der Waals surface area contributed by atoms with Crippen molar-refractivity contribution in [2.75, 3.05) is 13.7 Å². The van der Waals surface area contributed by atoms with Crippen molar-refractivity contribution >= 4 is 41.3 Å². The molecule has 0 radical (unpaired) electrons. The number of amides is 1. The van der Waals surface area contributed by atoms with Gasteiger partial charge in [-0.2, -0.15) is 5.10 Å². The molecule has 0 unspecified atom stereocenters. The van der Waals surface area contributed by atoms with Gasteiger partial charge in [0, 0.05) is 5.02 Å². The van der Waals surface area contributed by atoms with Gasteiger partial charge in [-0.15, -0.1) is 0 Å². The molecule has 0 aliphatic heterocycles. The van der Waals surface area contributed by atoms with Gasteiger partial charge in [-0.05, 0) is 72.0 Å². The highest BCUT2D eigenvalue weighted by molar-refractivity contribution is 6.36. The summed E-state index contributed by atoms with van der Waals surface area (Å²) in [6.07, 6.45) is 2.49. The summed E-state index contributed by atoms with van der Waals surface area (Å²) in [4.78, 5) is 24.5. The second-order valence-corrected chi connectivity index (χ2v) is 8.73. The molecule has 188 valence electrons. The molecule has 0 heterocycles. The van der Waals surface area contributed by atoms with Gasteiger partial charge in [0.1, 0.15) is 5.75 Å². The Morgan fingerprint density at radius 3 is 2.44 bits per heavy atom. The number of methoxy groups -OCH3 is 1. The van der Waals surface area contributed by atoms with Crippen LogP contribution in [0.5, 0.6) is 17.2 Å². The maximum atomic E-state index is 12.5. The number of esters is 1. The van der Waals surface area contributed by atoms with Crippen LogP contribution in [0.3, 0.4) is 0 Å². The van der Waals surface area contributed by atoms with E-state index in [-0.39, 0.29) is 22.9 Å². The van der Waals surface area contributed by atoms with Gasteiger partial charge < -0.3 is 14.2 Å². The van der Waals surface area contributed by atoms with Crippen LogP contribution in [0.25, 0.3) is 0 Å². The number of hydrogen-bond donors (Lipinski definition) is 1. The van der Waals surface area contributed by atoms with Gasteiger partial charge in [-0.1, -0.05) is 49.2 Å². The van der Waals surface area contributed by atoms with Gasteiger partial charge in [-0.25, -0.2) is 10.2 Å². The molecule has 9 heteroatoms. The number of benzene rings is 3. The van der Waals surface area contributed by atoms with Crippen LogP contribution in [-0.2, 0) is 4.79 Å². The summed E-state index contributed by atoms with van der Waals surface area (Å²) in [6, 6.07) is 17.0. The smallest absolute Gasteiger partial charge is 0.345 e. The first-order valence-electron chi connectivity index (χ1n) is 11.2. The molecule has 0 aliphatic carbocycles. The maximum Gasteiger partial charge on any atom is 0.345 e. The van der Waals surface area contributed by atoms with Crippen molar-refractivity contribution in [3.63, 3.8) is 0 Å². The van der Waals surface area contributed by atoms with E-state index in [4.69, 9.17) is 37.4 Å². The predicted octanol–water partition coefficient (Wildman–Crippen LogP) is 6.26. The molecule has 1 N–H and O–H groups in total. The van der Waals surface area contributed by atoms with E-state index in [1.807, 2.05) is 24.3 Å². The summed E-state index contributed by atoms with van der Waals surface area (Å²) in [5, 5.41) is 4.53. The highest BCUT2D eigenvalue weighted by Crippen LogP contribution is 2.30. The van der Waals surface area contributed by atoms with Gasteiger partial charge in [0.15, 0.2) is 18.1 Å². The number of hydrazone groups is 1. The molecule has 3 rings (SSSR count). The van der Waals surface area contributed by atoms with Crippen LogP contribution in [-0.4, -0.2) is 31.8 Å². The second kappa shape index (κ2) is 13.0. The van der Waals surface area contributed by atoms with Gasteiger partial charge in [0.2, 0.25) is 0 Å². The van der Waals surface area contributed by atoms with Crippen LogP contribution in [0.2, 0.25) is 10.0 Å². The third kappa shape index (κ3) is 7.47. The zero-order chi connectivity index (χ0) is 26.1. The summed E-state index contributed by atoms with van der Waals surface area (Å²) < 4.78 is 16.2. The molecule has 0 saturated carbocycles. The molecule has 0 fully saturated rings. The van der Waals surface area contributed by atoms with E-state index in [1.54, 1.807) is 24.3 Å². The minimum Gasteiger partial charge on any atom is -0.493 e. The number of nitrogens with one attached hydrogen (secondary N) is 1. The van der Waals surface area contributed by atoms with Gasteiger partial charge in [0.05, 0.1) is 23.9 Å². The van der Waals surface area contributed by atoms with Crippen molar-refractivity contribution in [2.24, 2.45) is 5.10 Å². The summed E-state index contributed by atoms with van der Waals surface area (Å²) in [7, 11) is 1.44. The van der Waals surface area contributed by atoms with Crippen LogP contribution < -0.4 is 19.6 Å². The minimum atomic E-state index is -0.654. The largest absolute Gasteiger partial charge is 0.493 e. The number of nitrogens with zero attached hydrogens (tertiary/aromatic N) is 1. The van der Waals surface area contributed by atoms with E-state index in [9.17, 15) is 9.59 Å². The molecule has 0 saturated heterocycles. The molecule has 3 aromatic carbocycles. The molecule has 1 atom stereocenters. The SMILES string of the molecule is CC[C@H](C)c1ccc(OCC(=O)N/N=C/c2ccc(OC(=O)c3ccc(Cl)cc3Cl)c(OC)c2)cc1. The normalized spacial score (nSPS) is 11.7. The first kappa shape index (κ1) is 27.0. The standard InChI is InChI=1S/C27H26Cl2N2O5/c1-4-17(2)19-6-9-21(10-7-19)35-16-26(32)31-30-15-18-5-12-24(25(13-18)34-3)36-27(33)22-11-8-20(28)14-23(22)29/h5-15,17H,4,16H2,1-3H3,(H,31,32)/b30-15+/t17-/m0/s1. The average Bonchev–Trinajstić information content (AvgIpc) is 2.88. The maximum absolute atomic E-state index is 12.5. The lowest BCUT2D eigenvalue weighted by Gasteiger charge is -2.11. The van der Waals surface area contributed by atoms with Gasteiger partial charge in [-0.3, -0.25) is 4.79 Å². The molecule has 0 aromatic heterocycles. The van der Waals surface area contributed by atoms with E-state index >= 15 is 0 Å². The molecule has 1 amide bonds. The molecular formula is C27H26Cl2N2O5. The van der Waals surface area contributed by atoms with Crippen LogP contribution in [0.15, 0.2) is 65.8 Å². The number of hydrogen-bond acceptors (Lipinski definition) is 6. The summed E-state index contributed by atoms with van der Waals surface area (Å²) in [6.45, 7) is 4.12. The molecule has 0 bridgehead atoms. The molecule has 36 heavy (non-hydrogen) atoms. The number of carbonyl (C=O) groups is 2. The van der Waals surface area contributed by atoms with Gasteiger partial charge in [0.25, 0.3) is 5.91 Å². The zero-order valence-corrected chi connectivity index (χ0v) is 21.6. The Morgan fingerprint density at radius 2 is 1.78 bits per heavy atom. The summed E-state index contributed by atoms with van der Waals surface area (Å²) in [5.74, 6) is 0.512. The highest BCUT2D eigenvalue weighted by atomic mass is 35.5. The highest BCUT2D eigenvalue weighted by Gasteiger charge is 2.16. The fourth-order valence-corrected chi connectivity index (χ4v) is 3.63. The van der Waals surface area contributed by atoms with E-state index in [1.165, 1.54) is 31.0 Å². The Morgan fingerprint density at radius 1 is 1.03 bits per heavy atom. The Kier molecular flexibility index (Phi) is 9.73. The van der Waals surface area contributed by atoms with E-state index in [0.717, 1.165) is 6.42 Å². The van der Waals surface area contributed by atoms with Crippen LogP contribution in [0.4, 0.5) is 0 Å². The third-order valence-corrected chi connectivity index (χ3v) is 5.92. The lowest BCUT2D eigenvalue weighted by molar-refractivity contribution is -0.123. The van der Waals surface area contributed by atoms with E-state index in [0.29, 0.717) is 28.0 Å². The fourth-order valence-electron chi connectivity index (χ4n) is 3.15. The number of ether oxygens (including phenoxy) is 3. The fraction of sp³-hybridized carbons (Fsp3) is 0.222. The Labute approximate surface area is 220 Å². The molecular weight excluding hydrogens is 503 g/mol. The van der Waals surface area contributed by atoms with Crippen molar-refractivity contribution in [1.29, 1.82) is 0 Å². The first-order valence-corrected chi connectivity index (χ1v) is 12.0. The summed E-state index contributed by atoms with van der Waals surface area (Å²) in [5.41, 5.74) is 4.42. The first-order chi connectivity index (χ1) is 17.3. The Hall–Kier alpha value is -3.55. The van der Waals surface area contributed by atoms with Crippen LogP contribution in [0.1, 0.15) is 47.7 Å². The second-order valence-electron chi connectivity index (χ2n) is 7.88.